The van der Waals surface area contributed by atoms with Gasteiger partial charge in [0.1, 0.15) is 12.1 Å². The molecule has 1 aromatic rings. The van der Waals surface area contributed by atoms with Crippen LogP contribution < -0.4 is 10.6 Å². The second-order valence-electron chi connectivity index (χ2n) is 13.6. The predicted molar refractivity (Wildman–Crippen MR) is 168 cm³/mol. The summed E-state index contributed by atoms with van der Waals surface area (Å²) in [5, 5.41) is 16.9. The van der Waals surface area contributed by atoms with Crippen molar-refractivity contribution in [1.29, 1.82) is 0 Å². The lowest BCUT2D eigenvalue weighted by Gasteiger charge is -2.32. The first-order valence-corrected chi connectivity index (χ1v) is 16.6. The zero-order valence-corrected chi connectivity index (χ0v) is 26.9. The molecule has 0 aromatic heterocycles. The third kappa shape index (κ3) is 8.96. The van der Waals surface area contributed by atoms with Crippen molar-refractivity contribution in [3.63, 3.8) is 0 Å². The number of fused-ring (bicyclic) bond motifs is 1. The van der Waals surface area contributed by atoms with Gasteiger partial charge in [0.05, 0.1) is 18.2 Å². The van der Waals surface area contributed by atoms with E-state index in [9.17, 15) is 24.3 Å². The first-order chi connectivity index (χ1) is 21.0. The van der Waals surface area contributed by atoms with Gasteiger partial charge >= 0.3 is 12.0 Å². The van der Waals surface area contributed by atoms with Crippen molar-refractivity contribution in [2.24, 2.45) is 11.8 Å². The van der Waals surface area contributed by atoms with E-state index < -0.39 is 42.2 Å². The SMILES string of the molecule is CC(C)CC(NC(=O)C(Cc1ccccc1)N1C[C@@H]2CCCN2C1=O)C(=O)NC(CC1CCCCC1)C(O)C(=O)OC(C)C. The van der Waals surface area contributed by atoms with E-state index in [-0.39, 0.29) is 29.8 Å². The fourth-order valence-electron chi connectivity index (χ4n) is 6.96. The Morgan fingerprint density at radius 3 is 2.30 bits per heavy atom. The zero-order chi connectivity index (χ0) is 31.8. The molecule has 1 aromatic carbocycles. The second kappa shape index (κ2) is 15.7. The third-order valence-corrected chi connectivity index (χ3v) is 9.18. The van der Waals surface area contributed by atoms with E-state index in [1.807, 2.05) is 49.1 Å². The molecule has 4 rings (SSSR count). The van der Waals surface area contributed by atoms with E-state index in [4.69, 9.17) is 4.74 Å². The van der Waals surface area contributed by atoms with Gasteiger partial charge in [-0.05, 0) is 56.9 Å². The van der Waals surface area contributed by atoms with E-state index in [2.05, 4.69) is 10.6 Å². The van der Waals surface area contributed by atoms with Crippen molar-refractivity contribution in [2.45, 2.75) is 128 Å². The molecule has 10 heteroatoms. The Morgan fingerprint density at radius 2 is 1.66 bits per heavy atom. The molecular weight excluding hydrogens is 560 g/mol. The molecule has 4 unspecified atom stereocenters. The molecule has 44 heavy (non-hydrogen) atoms. The highest BCUT2D eigenvalue weighted by Gasteiger charge is 2.45. The molecule has 2 heterocycles. The van der Waals surface area contributed by atoms with Gasteiger partial charge in [-0.1, -0.05) is 76.3 Å². The van der Waals surface area contributed by atoms with Crippen LogP contribution in [0, 0.1) is 11.8 Å². The molecule has 0 radical (unpaired) electrons. The van der Waals surface area contributed by atoms with Gasteiger partial charge in [-0.25, -0.2) is 9.59 Å². The van der Waals surface area contributed by atoms with Gasteiger partial charge in [0.2, 0.25) is 11.8 Å². The van der Waals surface area contributed by atoms with Crippen LogP contribution in [0.25, 0.3) is 0 Å². The van der Waals surface area contributed by atoms with Crippen molar-refractivity contribution in [3.8, 4) is 0 Å². The molecule has 244 valence electrons. The van der Waals surface area contributed by atoms with Crippen molar-refractivity contribution >= 4 is 23.8 Å². The molecule has 2 saturated heterocycles. The van der Waals surface area contributed by atoms with Crippen LogP contribution in [0.1, 0.15) is 91.0 Å². The number of esters is 1. The standard InChI is InChI=1S/C34H52N4O6/c1-22(2)18-28(31(40)35-27(19-24-12-7-5-8-13-24)30(39)33(42)44-23(3)4)36-32(41)29(20-25-14-9-6-10-15-25)38-21-26-16-11-17-37(26)34(38)43/h6,9-10,14-15,22-24,26-30,39H,5,7-8,11-13,16-21H2,1-4H3,(H,35,40)(H,36,41)/t26-,27?,28?,29?,30?/m0/s1. The van der Waals surface area contributed by atoms with Crippen LogP contribution in [0.5, 0.6) is 0 Å². The summed E-state index contributed by atoms with van der Waals surface area (Å²) in [4.78, 5) is 57.5. The molecule has 5 atom stereocenters. The summed E-state index contributed by atoms with van der Waals surface area (Å²) in [6.07, 6.45) is 6.41. The van der Waals surface area contributed by atoms with Gasteiger partial charge in [0, 0.05) is 19.5 Å². The summed E-state index contributed by atoms with van der Waals surface area (Å²) in [6, 6.07) is 7.06. The number of aliphatic hydroxyl groups is 1. The number of carbonyl (C=O) groups is 4. The lowest BCUT2D eigenvalue weighted by atomic mass is 9.83. The third-order valence-electron chi connectivity index (χ3n) is 9.18. The molecule has 0 spiro atoms. The molecule has 2 aliphatic heterocycles. The van der Waals surface area contributed by atoms with Gasteiger partial charge in [-0.3, -0.25) is 9.59 Å². The lowest BCUT2D eigenvalue weighted by molar-refractivity contribution is -0.159. The maximum absolute atomic E-state index is 14.0. The van der Waals surface area contributed by atoms with Crippen LogP contribution in [0.3, 0.4) is 0 Å². The average Bonchev–Trinajstić information content (AvgIpc) is 3.57. The van der Waals surface area contributed by atoms with Crippen LogP contribution in [0.2, 0.25) is 0 Å². The fraction of sp³-hybridized carbons (Fsp3) is 0.706. The topological polar surface area (TPSA) is 128 Å². The van der Waals surface area contributed by atoms with E-state index in [0.717, 1.165) is 50.5 Å². The first-order valence-electron chi connectivity index (χ1n) is 16.6. The number of nitrogens with one attached hydrogen (secondary N) is 2. The van der Waals surface area contributed by atoms with Gasteiger partial charge in [-0.2, -0.15) is 0 Å². The van der Waals surface area contributed by atoms with Crippen LogP contribution in [-0.2, 0) is 25.5 Å². The second-order valence-corrected chi connectivity index (χ2v) is 13.6. The molecule has 3 N–H and O–H groups in total. The molecule has 1 aliphatic carbocycles. The molecule has 0 bridgehead atoms. The number of aliphatic hydroxyl groups excluding tert-OH is 1. The Balaban J connectivity index is 1.53. The summed E-state index contributed by atoms with van der Waals surface area (Å²) in [6.45, 7) is 8.56. The van der Waals surface area contributed by atoms with Crippen LogP contribution >= 0.6 is 0 Å². The molecule has 10 nitrogen and oxygen atoms in total. The number of nitrogens with zero attached hydrogens (tertiary/aromatic N) is 2. The quantitative estimate of drug-likeness (QED) is 0.274. The number of benzene rings is 1. The number of hydrogen-bond donors (Lipinski definition) is 3. The average molecular weight is 613 g/mol. The van der Waals surface area contributed by atoms with Crippen LogP contribution in [-0.4, -0.2) is 88.2 Å². The minimum Gasteiger partial charge on any atom is -0.461 e. The monoisotopic (exact) mass is 612 g/mol. The number of ether oxygens (including phenoxy) is 1. The van der Waals surface area contributed by atoms with Gasteiger partial charge in [0.15, 0.2) is 6.10 Å². The smallest absolute Gasteiger partial charge is 0.337 e. The Labute approximate surface area is 262 Å². The number of hydrogen-bond acceptors (Lipinski definition) is 6. The number of carbonyl (C=O) groups excluding carboxylic acids is 4. The minimum atomic E-state index is -1.51. The Bertz CT molecular complexity index is 1120. The first kappa shape index (κ1) is 33.7. The molecular formula is C34H52N4O6. The normalized spacial score (nSPS) is 21.6. The van der Waals surface area contributed by atoms with Gasteiger partial charge < -0.3 is 30.3 Å². The zero-order valence-electron chi connectivity index (χ0n) is 26.9. The van der Waals surface area contributed by atoms with E-state index in [0.29, 0.717) is 32.4 Å². The molecule has 3 fully saturated rings. The minimum absolute atomic E-state index is 0.0742. The molecule has 3 aliphatic rings. The van der Waals surface area contributed by atoms with Crippen molar-refractivity contribution < 1.29 is 29.0 Å². The summed E-state index contributed by atoms with van der Waals surface area (Å²) in [5.41, 5.74) is 0.928. The Hall–Kier alpha value is -3.14. The number of urea groups is 1. The largest absolute Gasteiger partial charge is 0.461 e. The van der Waals surface area contributed by atoms with Gasteiger partial charge in [-0.15, -0.1) is 0 Å². The summed E-state index contributed by atoms with van der Waals surface area (Å²) >= 11 is 0. The summed E-state index contributed by atoms with van der Waals surface area (Å²) < 4.78 is 5.29. The van der Waals surface area contributed by atoms with Crippen molar-refractivity contribution in [3.05, 3.63) is 35.9 Å². The highest BCUT2D eigenvalue weighted by Crippen LogP contribution is 2.30. The lowest BCUT2D eigenvalue weighted by Crippen LogP contribution is -2.58. The maximum Gasteiger partial charge on any atom is 0.337 e. The van der Waals surface area contributed by atoms with Crippen molar-refractivity contribution in [2.75, 3.05) is 13.1 Å². The predicted octanol–water partition coefficient (Wildman–Crippen LogP) is 3.80. The summed E-state index contributed by atoms with van der Waals surface area (Å²) in [5.74, 6) is -1.24. The van der Waals surface area contributed by atoms with E-state index in [1.165, 1.54) is 0 Å². The molecule has 4 amide bonds. The van der Waals surface area contributed by atoms with Crippen LogP contribution in [0.4, 0.5) is 4.79 Å². The molecule has 1 saturated carbocycles. The van der Waals surface area contributed by atoms with E-state index in [1.54, 1.807) is 18.7 Å². The van der Waals surface area contributed by atoms with Crippen molar-refractivity contribution in [1.82, 2.24) is 20.4 Å². The van der Waals surface area contributed by atoms with Crippen LogP contribution in [0.15, 0.2) is 30.3 Å². The van der Waals surface area contributed by atoms with Gasteiger partial charge in [0.25, 0.3) is 0 Å². The highest BCUT2D eigenvalue weighted by molar-refractivity contribution is 5.93. The fourth-order valence-corrected chi connectivity index (χ4v) is 6.96. The van der Waals surface area contributed by atoms with E-state index >= 15 is 0 Å². The summed E-state index contributed by atoms with van der Waals surface area (Å²) in [7, 11) is 0. The number of amides is 4. The highest BCUT2D eigenvalue weighted by atomic mass is 16.6. The number of rotatable bonds is 14. The maximum atomic E-state index is 14.0. The Morgan fingerprint density at radius 1 is 0.955 bits per heavy atom. The Kier molecular flexibility index (Phi) is 12.1.